The Hall–Kier alpha value is -2.73. The third kappa shape index (κ3) is 7.51. The summed E-state index contributed by atoms with van der Waals surface area (Å²) >= 11 is 0. The molecule has 2 aliphatic heterocycles. The van der Waals surface area contributed by atoms with Crippen LogP contribution in [0, 0.1) is 11.6 Å². The number of nitrogens with one attached hydrogen (secondary N) is 1. The highest BCUT2D eigenvalue weighted by atomic mass is 19.4. The maximum atomic E-state index is 14.8. The molecule has 40 heavy (non-hydrogen) atoms. The van der Waals surface area contributed by atoms with E-state index in [0.29, 0.717) is 31.3 Å². The highest BCUT2D eigenvalue weighted by Crippen LogP contribution is 2.36. The second-order valence-electron chi connectivity index (χ2n) is 10.4. The number of piperidine rings is 2. The molecule has 0 aromatic heterocycles. The van der Waals surface area contributed by atoms with Crippen molar-refractivity contribution < 1.29 is 39.9 Å². The number of amides is 1. The highest BCUT2D eigenvalue weighted by molar-refractivity contribution is 5.78. The molecule has 1 amide bonds. The zero-order valence-electron chi connectivity index (χ0n) is 21.7. The summed E-state index contributed by atoms with van der Waals surface area (Å²) in [5.41, 5.74) is -3.46. The zero-order chi connectivity index (χ0) is 29.1. The predicted octanol–water partition coefficient (Wildman–Crippen LogP) is 6.35. The lowest BCUT2D eigenvalue weighted by molar-refractivity contribution is -0.143. The summed E-state index contributed by atoms with van der Waals surface area (Å²) in [6.07, 6.45) is -5.74. The normalized spacial score (nSPS) is 19.0. The number of hydrogen-bond donors (Lipinski definition) is 1. The molecule has 2 heterocycles. The maximum Gasteiger partial charge on any atom is 0.416 e. The number of rotatable bonds is 7. The lowest BCUT2D eigenvalue weighted by atomic mass is 9.96. The standard InChI is InChI=1S/C28H31F8N3O/c29-23-6-4-5-22(26(23)30)24(39-11-7-21(8-12-39)38-9-2-1-3-10-38)17-37-25(40)15-18-13-19(27(31,32)33)16-20(14-18)28(34,35)36/h4-6,13-14,16,21,24H,1-3,7-12,15,17H2,(H,37,40). The van der Waals surface area contributed by atoms with Crippen molar-refractivity contribution in [1.29, 1.82) is 0 Å². The number of halogens is 8. The summed E-state index contributed by atoms with van der Waals surface area (Å²) in [6.45, 7) is 2.96. The molecule has 220 valence electrons. The van der Waals surface area contributed by atoms with Crippen LogP contribution in [0.2, 0.25) is 0 Å². The van der Waals surface area contributed by atoms with Crippen molar-refractivity contribution in [2.24, 2.45) is 0 Å². The Kier molecular flexibility index (Phi) is 9.39. The first kappa shape index (κ1) is 30.2. The van der Waals surface area contributed by atoms with Crippen LogP contribution in [0.5, 0.6) is 0 Å². The molecule has 1 N–H and O–H groups in total. The number of likely N-dealkylation sites (tertiary alicyclic amines) is 2. The molecule has 4 rings (SSSR count). The van der Waals surface area contributed by atoms with Gasteiger partial charge in [0.1, 0.15) is 0 Å². The van der Waals surface area contributed by atoms with Gasteiger partial charge in [-0.15, -0.1) is 0 Å². The minimum Gasteiger partial charge on any atom is -0.354 e. The van der Waals surface area contributed by atoms with Crippen LogP contribution in [0.25, 0.3) is 0 Å². The van der Waals surface area contributed by atoms with Crippen molar-refractivity contribution in [3.63, 3.8) is 0 Å². The molecule has 2 saturated heterocycles. The van der Waals surface area contributed by atoms with Gasteiger partial charge in [0.25, 0.3) is 0 Å². The summed E-state index contributed by atoms with van der Waals surface area (Å²) in [5, 5.41) is 2.52. The molecule has 4 nitrogen and oxygen atoms in total. The number of benzene rings is 2. The fraction of sp³-hybridized carbons (Fsp3) is 0.536. The van der Waals surface area contributed by atoms with Gasteiger partial charge >= 0.3 is 12.4 Å². The second kappa shape index (κ2) is 12.4. The number of nitrogens with zero attached hydrogens (tertiary/aromatic N) is 2. The molecule has 2 aromatic carbocycles. The summed E-state index contributed by atoms with van der Waals surface area (Å²) in [7, 11) is 0. The lowest BCUT2D eigenvalue weighted by Crippen LogP contribution is -2.49. The number of carbonyl (C=O) groups is 1. The van der Waals surface area contributed by atoms with Crippen molar-refractivity contribution in [2.45, 2.75) is 63.0 Å². The first-order chi connectivity index (χ1) is 18.8. The lowest BCUT2D eigenvalue weighted by Gasteiger charge is -2.43. The van der Waals surface area contributed by atoms with E-state index in [4.69, 9.17) is 0 Å². The van der Waals surface area contributed by atoms with Crippen LogP contribution >= 0.6 is 0 Å². The SMILES string of the molecule is O=C(Cc1cc(C(F)(F)F)cc(C(F)(F)F)c1)NCC(c1cccc(F)c1F)N1CCC(N2CCCCC2)CC1. The van der Waals surface area contributed by atoms with E-state index >= 15 is 0 Å². The molecule has 2 aromatic rings. The Bertz CT molecular complexity index is 1140. The van der Waals surface area contributed by atoms with E-state index in [-0.39, 0.29) is 18.2 Å². The monoisotopic (exact) mass is 577 g/mol. The van der Waals surface area contributed by atoms with Crippen molar-refractivity contribution in [2.75, 3.05) is 32.7 Å². The van der Waals surface area contributed by atoms with Crippen LogP contribution in [-0.2, 0) is 23.6 Å². The Morgan fingerprint density at radius 1 is 0.875 bits per heavy atom. The summed E-state index contributed by atoms with van der Waals surface area (Å²) in [6, 6.07) is 4.34. The minimum absolute atomic E-state index is 0.00231. The number of alkyl halides is 6. The van der Waals surface area contributed by atoms with E-state index in [0.717, 1.165) is 44.8 Å². The van der Waals surface area contributed by atoms with E-state index in [2.05, 4.69) is 10.2 Å². The van der Waals surface area contributed by atoms with E-state index in [1.165, 1.54) is 18.6 Å². The molecule has 0 aliphatic carbocycles. The smallest absolute Gasteiger partial charge is 0.354 e. The van der Waals surface area contributed by atoms with Crippen LogP contribution in [0.3, 0.4) is 0 Å². The van der Waals surface area contributed by atoms with Crippen molar-refractivity contribution in [3.8, 4) is 0 Å². The van der Waals surface area contributed by atoms with Gasteiger partial charge in [0.2, 0.25) is 5.91 Å². The number of hydrogen-bond acceptors (Lipinski definition) is 3. The van der Waals surface area contributed by atoms with E-state index in [9.17, 15) is 39.9 Å². The third-order valence-electron chi connectivity index (χ3n) is 7.69. The summed E-state index contributed by atoms with van der Waals surface area (Å²) < 4.78 is 108. The average Bonchev–Trinajstić information content (AvgIpc) is 2.91. The average molecular weight is 578 g/mol. The van der Waals surface area contributed by atoms with E-state index in [1.807, 2.05) is 4.90 Å². The van der Waals surface area contributed by atoms with Gasteiger partial charge in [-0.1, -0.05) is 18.6 Å². The molecular formula is C28H31F8N3O. The molecule has 2 fully saturated rings. The molecule has 0 bridgehead atoms. The molecule has 1 atom stereocenters. The highest BCUT2D eigenvalue weighted by Gasteiger charge is 2.37. The molecule has 0 saturated carbocycles. The van der Waals surface area contributed by atoms with Crippen molar-refractivity contribution in [1.82, 2.24) is 15.1 Å². The van der Waals surface area contributed by atoms with Crippen LogP contribution in [0.4, 0.5) is 35.1 Å². The largest absolute Gasteiger partial charge is 0.416 e. The quantitative estimate of drug-likeness (QED) is 0.390. The van der Waals surface area contributed by atoms with Crippen LogP contribution < -0.4 is 5.32 Å². The van der Waals surface area contributed by atoms with Crippen LogP contribution in [0.15, 0.2) is 36.4 Å². The van der Waals surface area contributed by atoms with Crippen LogP contribution in [0.1, 0.15) is 60.4 Å². The second-order valence-corrected chi connectivity index (χ2v) is 10.4. The van der Waals surface area contributed by atoms with Crippen molar-refractivity contribution in [3.05, 3.63) is 70.3 Å². The van der Waals surface area contributed by atoms with Gasteiger partial charge in [-0.05, 0) is 68.6 Å². The van der Waals surface area contributed by atoms with Gasteiger partial charge in [-0.3, -0.25) is 9.69 Å². The van der Waals surface area contributed by atoms with E-state index < -0.39 is 59.0 Å². The Labute approximate surface area is 227 Å². The Balaban J connectivity index is 1.48. The molecule has 0 spiro atoms. The Morgan fingerprint density at radius 2 is 1.48 bits per heavy atom. The van der Waals surface area contributed by atoms with Gasteiger partial charge in [0, 0.05) is 31.2 Å². The molecule has 0 radical (unpaired) electrons. The zero-order valence-corrected chi connectivity index (χ0v) is 21.7. The van der Waals surface area contributed by atoms with Gasteiger partial charge in [-0.25, -0.2) is 8.78 Å². The van der Waals surface area contributed by atoms with E-state index in [1.54, 1.807) is 0 Å². The van der Waals surface area contributed by atoms with Crippen molar-refractivity contribution >= 4 is 5.91 Å². The third-order valence-corrected chi connectivity index (χ3v) is 7.69. The first-order valence-corrected chi connectivity index (χ1v) is 13.3. The first-order valence-electron chi connectivity index (χ1n) is 13.3. The minimum atomic E-state index is -5.03. The predicted molar refractivity (Wildman–Crippen MR) is 132 cm³/mol. The maximum absolute atomic E-state index is 14.8. The fourth-order valence-electron chi connectivity index (χ4n) is 5.64. The van der Waals surface area contributed by atoms with Crippen LogP contribution in [-0.4, -0.2) is 54.5 Å². The summed E-state index contributed by atoms with van der Waals surface area (Å²) in [4.78, 5) is 17.1. The van der Waals surface area contributed by atoms with Gasteiger partial charge in [0.15, 0.2) is 11.6 Å². The molecule has 2 aliphatic rings. The molecule has 12 heteroatoms. The van der Waals surface area contributed by atoms with Gasteiger partial charge in [-0.2, -0.15) is 26.3 Å². The Morgan fingerprint density at radius 3 is 2.05 bits per heavy atom. The fourth-order valence-corrected chi connectivity index (χ4v) is 5.64. The molecule has 1 unspecified atom stereocenters. The topological polar surface area (TPSA) is 35.6 Å². The number of carbonyl (C=O) groups excluding carboxylic acids is 1. The summed E-state index contributed by atoms with van der Waals surface area (Å²) in [5.74, 6) is -2.95. The van der Waals surface area contributed by atoms with Gasteiger partial charge in [0.05, 0.1) is 23.6 Å². The van der Waals surface area contributed by atoms with Gasteiger partial charge < -0.3 is 10.2 Å². The molecular weight excluding hydrogens is 546 g/mol.